The molecule has 0 aliphatic carbocycles. The zero-order chi connectivity index (χ0) is 10.5. The number of nitrogens with zero attached hydrogens (tertiary/aromatic N) is 1. The van der Waals surface area contributed by atoms with Crippen molar-refractivity contribution >= 4 is 6.03 Å². The van der Waals surface area contributed by atoms with Gasteiger partial charge in [-0.2, -0.15) is 0 Å². The van der Waals surface area contributed by atoms with Gasteiger partial charge in [-0.1, -0.05) is 0 Å². The zero-order valence-corrected chi connectivity index (χ0v) is 8.37. The fraction of sp³-hybridized carbons (Fsp3) is 0.875. The smallest absolute Gasteiger partial charge is 0.317 e. The highest BCUT2D eigenvalue weighted by molar-refractivity contribution is 5.74. The summed E-state index contributed by atoms with van der Waals surface area (Å²) < 4.78 is 0. The minimum Gasteiger partial charge on any atom is -0.394 e. The number of hydrogen-bond donors (Lipinski definition) is 3. The second-order valence-corrected chi connectivity index (χ2v) is 3.32. The fourth-order valence-corrected chi connectivity index (χ4v) is 0.626. The highest BCUT2D eigenvalue weighted by Gasteiger charge is 2.25. The average molecular weight is 190 g/mol. The number of nitrogens with one attached hydrogen (secondary N) is 1. The monoisotopic (exact) mass is 190 g/mol. The maximum Gasteiger partial charge on any atom is 0.317 e. The minimum absolute atomic E-state index is 0.285. The Bertz CT molecular complexity index is 169. The molecule has 78 valence electrons. The van der Waals surface area contributed by atoms with Gasteiger partial charge in [0.15, 0.2) is 0 Å². The molecular formula is C8H18N2O3. The van der Waals surface area contributed by atoms with Gasteiger partial charge in [0.2, 0.25) is 0 Å². The first-order valence-electron chi connectivity index (χ1n) is 4.24. The molecule has 0 heterocycles. The third-order valence-electron chi connectivity index (χ3n) is 1.93. The van der Waals surface area contributed by atoms with Crippen LogP contribution < -0.4 is 5.32 Å². The molecule has 5 heteroatoms. The molecule has 0 bridgehead atoms. The number of carbonyl (C=O) groups is 1. The van der Waals surface area contributed by atoms with Crippen LogP contribution >= 0.6 is 0 Å². The molecule has 0 saturated heterocycles. The Morgan fingerprint density at radius 3 is 2.23 bits per heavy atom. The summed E-state index contributed by atoms with van der Waals surface area (Å²) in [7, 11) is 1.64. The SMILES string of the molecule is CCN(C)C(=O)NC(C)(CO)CO. The summed E-state index contributed by atoms with van der Waals surface area (Å²) in [6.45, 7) is 3.43. The van der Waals surface area contributed by atoms with E-state index in [1.807, 2.05) is 6.92 Å². The van der Waals surface area contributed by atoms with Gasteiger partial charge in [-0.3, -0.25) is 0 Å². The quantitative estimate of drug-likeness (QED) is 0.554. The second-order valence-electron chi connectivity index (χ2n) is 3.32. The van der Waals surface area contributed by atoms with E-state index >= 15 is 0 Å². The molecule has 0 fully saturated rings. The number of urea groups is 1. The van der Waals surface area contributed by atoms with E-state index < -0.39 is 5.54 Å². The highest BCUT2D eigenvalue weighted by atomic mass is 16.3. The van der Waals surface area contributed by atoms with Crippen molar-refractivity contribution in [1.82, 2.24) is 10.2 Å². The normalized spacial score (nSPS) is 11.2. The second kappa shape index (κ2) is 5.04. The van der Waals surface area contributed by atoms with Crippen LogP contribution in [0.5, 0.6) is 0 Å². The first kappa shape index (κ1) is 12.2. The van der Waals surface area contributed by atoms with Gasteiger partial charge in [-0.15, -0.1) is 0 Å². The van der Waals surface area contributed by atoms with Gasteiger partial charge in [0.25, 0.3) is 0 Å². The molecule has 0 aliphatic rings. The maximum atomic E-state index is 11.3. The summed E-state index contributed by atoms with van der Waals surface area (Å²) in [5, 5.41) is 20.3. The lowest BCUT2D eigenvalue weighted by atomic mass is 10.1. The first-order valence-corrected chi connectivity index (χ1v) is 4.24. The largest absolute Gasteiger partial charge is 0.394 e. The molecule has 0 unspecified atom stereocenters. The summed E-state index contributed by atoms with van der Waals surface area (Å²) in [6, 6.07) is -0.298. The van der Waals surface area contributed by atoms with Crippen LogP contribution in [0.15, 0.2) is 0 Å². The van der Waals surface area contributed by atoms with E-state index in [-0.39, 0.29) is 19.2 Å². The van der Waals surface area contributed by atoms with Crippen molar-refractivity contribution < 1.29 is 15.0 Å². The van der Waals surface area contributed by atoms with Gasteiger partial charge in [-0.05, 0) is 13.8 Å². The van der Waals surface area contributed by atoms with Crippen molar-refractivity contribution in [2.45, 2.75) is 19.4 Å². The molecule has 3 N–H and O–H groups in total. The van der Waals surface area contributed by atoms with Crippen LogP contribution in [-0.4, -0.2) is 53.5 Å². The lowest BCUT2D eigenvalue weighted by Crippen LogP contribution is -2.55. The van der Waals surface area contributed by atoms with Crippen molar-refractivity contribution in [2.75, 3.05) is 26.8 Å². The number of hydrogen-bond acceptors (Lipinski definition) is 3. The Morgan fingerprint density at radius 2 is 1.92 bits per heavy atom. The molecule has 2 amide bonds. The van der Waals surface area contributed by atoms with Crippen molar-refractivity contribution in [1.29, 1.82) is 0 Å². The van der Waals surface area contributed by atoms with E-state index in [2.05, 4.69) is 5.32 Å². The standard InChI is InChI=1S/C8H18N2O3/c1-4-10(3)7(13)9-8(2,5-11)6-12/h11-12H,4-6H2,1-3H3,(H,9,13). The van der Waals surface area contributed by atoms with Gasteiger partial charge >= 0.3 is 6.03 Å². The molecular weight excluding hydrogens is 172 g/mol. The molecule has 0 aromatic rings. The highest BCUT2D eigenvalue weighted by Crippen LogP contribution is 2.01. The van der Waals surface area contributed by atoms with E-state index in [4.69, 9.17) is 10.2 Å². The van der Waals surface area contributed by atoms with Crippen LogP contribution in [0.3, 0.4) is 0 Å². The maximum absolute atomic E-state index is 11.3. The molecule has 0 aromatic carbocycles. The molecule has 5 nitrogen and oxygen atoms in total. The molecule has 0 saturated carbocycles. The Balaban J connectivity index is 4.17. The van der Waals surface area contributed by atoms with Crippen molar-refractivity contribution in [3.63, 3.8) is 0 Å². The number of aliphatic hydroxyl groups is 2. The topological polar surface area (TPSA) is 72.8 Å². The third-order valence-corrected chi connectivity index (χ3v) is 1.93. The van der Waals surface area contributed by atoms with Crippen LogP contribution in [0.4, 0.5) is 4.79 Å². The number of amides is 2. The Kier molecular flexibility index (Phi) is 4.72. The van der Waals surface area contributed by atoms with Crippen LogP contribution in [0.2, 0.25) is 0 Å². The number of rotatable bonds is 4. The van der Waals surface area contributed by atoms with Gasteiger partial charge < -0.3 is 20.4 Å². The lowest BCUT2D eigenvalue weighted by Gasteiger charge is -2.28. The van der Waals surface area contributed by atoms with Crippen molar-refractivity contribution in [3.05, 3.63) is 0 Å². The van der Waals surface area contributed by atoms with E-state index in [1.165, 1.54) is 4.90 Å². The summed E-state index contributed by atoms with van der Waals surface area (Å²) in [5.41, 5.74) is -0.944. The van der Waals surface area contributed by atoms with E-state index in [1.54, 1.807) is 14.0 Å². The average Bonchev–Trinajstić information content (AvgIpc) is 2.16. The van der Waals surface area contributed by atoms with Crippen LogP contribution in [-0.2, 0) is 0 Å². The van der Waals surface area contributed by atoms with Crippen LogP contribution in [0.1, 0.15) is 13.8 Å². The molecule has 0 aliphatic heterocycles. The van der Waals surface area contributed by atoms with Gasteiger partial charge in [-0.25, -0.2) is 4.79 Å². The molecule has 13 heavy (non-hydrogen) atoms. The van der Waals surface area contributed by atoms with Crippen LogP contribution in [0, 0.1) is 0 Å². The predicted octanol–water partition coefficient (Wildman–Crippen LogP) is -0.609. The lowest BCUT2D eigenvalue weighted by molar-refractivity contribution is 0.103. The molecule has 0 rings (SSSR count). The third kappa shape index (κ3) is 3.61. The fourth-order valence-electron chi connectivity index (χ4n) is 0.626. The molecule has 0 aromatic heterocycles. The summed E-state index contributed by atoms with van der Waals surface area (Å²) in [6.07, 6.45) is 0. The predicted molar refractivity (Wildman–Crippen MR) is 49.4 cm³/mol. The van der Waals surface area contributed by atoms with E-state index in [9.17, 15) is 4.79 Å². The molecule has 0 radical (unpaired) electrons. The molecule has 0 atom stereocenters. The Hall–Kier alpha value is -0.810. The summed E-state index contributed by atoms with van der Waals surface area (Å²) >= 11 is 0. The zero-order valence-electron chi connectivity index (χ0n) is 8.37. The van der Waals surface area contributed by atoms with Gasteiger partial charge in [0, 0.05) is 13.6 Å². The first-order chi connectivity index (χ1) is 5.99. The van der Waals surface area contributed by atoms with E-state index in [0.29, 0.717) is 6.54 Å². The Labute approximate surface area is 78.4 Å². The van der Waals surface area contributed by atoms with Gasteiger partial charge in [0.1, 0.15) is 0 Å². The van der Waals surface area contributed by atoms with Crippen molar-refractivity contribution in [2.24, 2.45) is 0 Å². The minimum atomic E-state index is -0.944. The Morgan fingerprint density at radius 1 is 1.46 bits per heavy atom. The van der Waals surface area contributed by atoms with Crippen LogP contribution in [0.25, 0.3) is 0 Å². The summed E-state index contributed by atoms with van der Waals surface area (Å²) in [4.78, 5) is 12.8. The van der Waals surface area contributed by atoms with E-state index in [0.717, 1.165) is 0 Å². The number of aliphatic hydroxyl groups excluding tert-OH is 2. The molecule has 0 spiro atoms. The van der Waals surface area contributed by atoms with Gasteiger partial charge in [0.05, 0.1) is 18.8 Å². The number of carbonyl (C=O) groups excluding carboxylic acids is 1. The van der Waals surface area contributed by atoms with Crippen molar-refractivity contribution in [3.8, 4) is 0 Å². The summed E-state index contributed by atoms with van der Waals surface area (Å²) in [5.74, 6) is 0.